The maximum atomic E-state index is 13.2. The fraction of sp³-hybridized carbons (Fsp3) is 0.125. The molecular weight excluding hydrogens is 443 g/mol. The van der Waals surface area contributed by atoms with Crippen molar-refractivity contribution in [2.24, 2.45) is 0 Å². The average molecular weight is 463 g/mol. The lowest BCUT2D eigenvalue weighted by Crippen LogP contribution is -2.25. The van der Waals surface area contributed by atoms with Gasteiger partial charge in [-0.3, -0.25) is 9.20 Å². The quantitative estimate of drug-likeness (QED) is 0.357. The van der Waals surface area contributed by atoms with Crippen LogP contribution in [0.1, 0.15) is 21.1 Å². The van der Waals surface area contributed by atoms with Crippen LogP contribution in [0.15, 0.2) is 66.2 Å². The number of carbonyl (C=O) groups is 1. The van der Waals surface area contributed by atoms with Gasteiger partial charge >= 0.3 is 0 Å². The van der Waals surface area contributed by atoms with Crippen LogP contribution >= 0.6 is 22.7 Å². The molecule has 1 amide bonds. The average Bonchev–Trinajstić information content (AvgIpc) is 3.51. The number of nitrogens with one attached hydrogen (secondary N) is 1. The van der Waals surface area contributed by atoms with E-state index in [1.807, 2.05) is 53.2 Å². The van der Waals surface area contributed by atoms with Crippen LogP contribution < -0.4 is 5.32 Å². The highest BCUT2D eigenvalue weighted by Gasteiger charge is 2.18. The zero-order chi connectivity index (χ0) is 22.1. The molecule has 5 aromatic rings. The summed E-state index contributed by atoms with van der Waals surface area (Å²) >= 11 is 2.96. The lowest BCUT2D eigenvalue weighted by atomic mass is 10.2. The van der Waals surface area contributed by atoms with Crippen molar-refractivity contribution in [2.75, 3.05) is 6.54 Å². The van der Waals surface area contributed by atoms with E-state index in [2.05, 4.69) is 15.3 Å². The fourth-order valence-corrected chi connectivity index (χ4v) is 5.33. The zero-order valence-corrected chi connectivity index (χ0v) is 18.8. The molecule has 0 unspecified atom stereocenters. The molecule has 0 aliphatic carbocycles. The summed E-state index contributed by atoms with van der Waals surface area (Å²) in [7, 11) is 0. The van der Waals surface area contributed by atoms with Gasteiger partial charge in [-0.05, 0) is 31.2 Å². The SMILES string of the molecule is Cc1c(C(=O)NCCc2csc(-c3ccccc3)n2)sc2nc(-c3ccc(F)cc3)cn12. The smallest absolute Gasteiger partial charge is 0.263 e. The molecule has 0 bridgehead atoms. The lowest BCUT2D eigenvalue weighted by molar-refractivity contribution is 0.0957. The maximum Gasteiger partial charge on any atom is 0.263 e. The first-order valence-corrected chi connectivity index (χ1v) is 11.8. The van der Waals surface area contributed by atoms with E-state index in [0.29, 0.717) is 17.8 Å². The number of carbonyl (C=O) groups excluding carboxylic acids is 1. The number of fused-ring (bicyclic) bond motifs is 1. The summed E-state index contributed by atoms with van der Waals surface area (Å²) in [4.78, 5) is 23.4. The number of aryl methyl sites for hydroxylation is 1. The molecule has 160 valence electrons. The third-order valence-corrected chi connectivity index (χ3v) is 7.24. The third-order valence-electron chi connectivity index (χ3n) is 5.14. The summed E-state index contributed by atoms with van der Waals surface area (Å²) in [5.74, 6) is -0.390. The Morgan fingerprint density at radius 1 is 1.06 bits per heavy atom. The molecule has 32 heavy (non-hydrogen) atoms. The van der Waals surface area contributed by atoms with Gasteiger partial charge in [0, 0.05) is 41.4 Å². The summed E-state index contributed by atoms with van der Waals surface area (Å²) in [6, 6.07) is 16.3. The van der Waals surface area contributed by atoms with E-state index in [-0.39, 0.29) is 11.7 Å². The minimum atomic E-state index is -0.279. The summed E-state index contributed by atoms with van der Waals surface area (Å²) in [5, 5.41) is 6.02. The van der Waals surface area contributed by atoms with Crippen LogP contribution in [0.5, 0.6) is 0 Å². The predicted octanol–water partition coefficient (Wildman–Crippen LogP) is 5.61. The van der Waals surface area contributed by atoms with Crippen LogP contribution in [0.25, 0.3) is 26.8 Å². The molecule has 1 N–H and O–H groups in total. The number of rotatable bonds is 6. The largest absolute Gasteiger partial charge is 0.351 e. The number of benzene rings is 2. The Balaban J connectivity index is 1.24. The summed E-state index contributed by atoms with van der Waals surface area (Å²) in [6.45, 7) is 2.42. The second-order valence-electron chi connectivity index (χ2n) is 7.32. The van der Waals surface area contributed by atoms with E-state index in [1.165, 1.54) is 23.5 Å². The first kappa shape index (κ1) is 20.5. The van der Waals surface area contributed by atoms with E-state index >= 15 is 0 Å². The van der Waals surface area contributed by atoms with Crippen LogP contribution in [0.2, 0.25) is 0 Å². The monoisotopic (exact) mass is 462 g/mol. The fourth-order valence-electron chi connectivity index (χ4n) is 3.44. The number of hydrogen-bond donors (Lipinski definition) is 1. The van der Waals surface area contributed by atoms with Crippen molar-refractivity contribution in [2.45, 2.75) is 13.3 Å². The highest BCUT2D eigenvalue weighted by molar-refractivity contribution is 7.19. The number of imidazole rings is 1. The summed E-state index contributed by atoms with van der Waals surface area (Å²) in [6.07, 6.45) is 2.55. The van der Waals surface area contributed by atoms with Crippen molar-refractivity contribution in [3.8, 4) is 21.8 Å². The zero-order valence-electron chi connectivity index (χ0n) is 17.2. The molecule has 0 saturated heterocycles. The molecule has 0 aliphatic rings. The standard InChI is InChI=1S/C24H19FN4OS2/c1-15-21(32-24-28-20(13-29(15)24)16-7-9-18(25)10-8-16)22(30)26-12-11-19-14-31-23(27-19)17-5-3-2-4-6-17/h2-10,13-14H,11-12H2,1H3,(H,26,30). The first-order chi connectivity index (χ1) is 15.6. The number of thiazole rings is 2. The van der Waals surface area contributed by atoms with Crippen LogP contribution in [0.3, 0.4) is 0 Å². The van der Waals surface area contributed by atoms with Crippen LogP contribution in [0, 0.1) is 12.7 Å². The Kier molecular flexibility index (Phi) is 5.55. The van der Waals surface area contributed by atoms with Crippen molar-refractivity contribution >= 4 is 33.5 Å². The van der Waals surface area contributed by atoms with Gasteiger partial charge in [0.25, 0.3) is 5.91 Å². The Morgan fingerprint density at radius 2 is 1.84 bits per heavy atom. The Labute approximate surface area is 192 Å². The molecular formula is C24H19FN4OS2. The van der Waals surface area contributed by atoms with E-state index < -0.39 is 0 Å². The van der Waals surface area contributed by atoms with Crippen LogP contribution in [0.4, 0.5) is 4.39 Å². The maximum absolute atomic E-state index is 13.2. The number of hydrogen-bond acceptors (Lipinski definition) is 5. The second kappa shape index (κ2) is 8.64. The normalized spacial score (nSPS) is 11.2. The van der Waals surface area contributed by atoms with Gasteiger partial charge in [-0.25, -0.2) is 14.4 Å². The Hall–Kier alpha value is -3.36. The van der Waals surface area contributed by atoms with Crippen molar-refractivity contribution in [3.05, 3.63) is 88.3 Å². The Morgan fingerprint density at radius 3 is 2.59 bits per heavy atom. The summed E-state index contributed by atoms with van der Waals surface area (Å²) < 4.78 is 15.1. The predicted molar refractivity (Wildman–Crippen MR) is 127 cm³/mol. The lowest BCUT2D eigenvalue weighted by Gasteiger charge is -2.03. The minimum Gasteiger partial charge on any atom is -0.351 e. The van der Waals surface area contributed by atoms with Crippen molar-refractivity contribution in [1.82, 2.24) is 19.7 Å². The van der Waals surface area contributed by atoms with E-state index in [4.69, 9.17) is 0 Å². The molecule has 0 fully saturated rings. The van der Waals surface area contributed by atoms with Gasteiger partial charge in [0.2, 0.25) is 0 Å². The topological polar surface area (TPSA) is 59.3 Å². The first-order valence-electron chi connectivity index (χ1n) is 10.1. The number of amides is 1. The van der Waals surface area contributed by atoms with Gasteiger partial charge in [0.15, 0.2) is 4.96 Å². The van der Waals surface area contributed by atoms with Gasteiger partial charge in [-0.15, -0.1) is 11.3 Å². The Bertz CT molecular complexity index is 1390. The highest BCUT2D eigenvalue weighted by atomic mass is 32.1. The third kappa shape index (κ3) is 4.06. The molecule has 0 spiro atoms. The summed E-state index contributed by atoms with van der Waals surface area (Å²) in [5.41, 5.74) is 4.50. The molecule has 2 aromatic carbocycles. The van der Waals surface area contributed by atoms with Crippen LogP contribution in [-0.2, 0) is 6.42 Å². The second-order valence-corrected chi connectivity index (χ2v) is 9.15. The molecule has 3 heterocycles. The number of aromatic nitrogens is 3. The van der Waals surface area contributed by atoms with Gasteiger partial charge in [0.05, 0.1) is 11.4 Å². The van der Waals surface area contributed by atoms with Crippen LogP contribution in [-0.4, -0.2) is 26.8 Å². The van der Waals surface area contributed by atoms with Crippen molar-refractivity contribution < 1.29 is 9.18 Å². The van der Waals surface area contributed by atoms with Crippen molar-refractivity contribution in [3.63, 3.8) is 0 Å². The highest BCUT2D eigenvalue weighted by Crippen LogP contribution is 2.27. The van der Waals surface area contributed by atoms with E-state index in [0.717, 1.165) is 38.2 Å². The molecule has 8 heteroatoms. The molecule has 0 radical (unpaired) electrons. The van der Waals surface area contributed by atoms with Gasteiger partial charge in [-0.2, -0.15) is 0 Å². The molecule has 0 atom stereocenters. The number of halogens is 1. The number of nitrogens with zero attached hydrogens (tertiary/aromatic N) is 3. The van der Waals surface area contributed by atoms with Gasteiger partial charge < -0.3 is 5.32 Å². The molecule has 5 nitrogen and oxygen atoms in total. The molecule has 0 aliphatic heterocycles. The molecule has 5 rings (SSSR count). The van der Waals surface area contributed by atoms with Gasteiger partial charge in [-0.1, -0.05) is 41.7 Å². The van der Waals surface area contributed by atoms with Crippen molar-refractivity contribution in [1.29, 1.82) is 0 Å². The molecule has 3 aromatic heterocycles. The van der Waals surface area contributed by atoms with E-state index in [9.17, 15) is 9.18 Å². The van der Waals surface area contributed by atoms with E-state index in [1.54, 1.807) is 23.5 Å². The molecule has 0 saturated carbocycles. The van der Waals surface area contributed by atoms with Gasteiger partial charge in [0.1, 0.15) is 15.7 Å². The minimum absolute atomic E-state index is 0.111.